The fourth-order valence-corrected chi connectivity index (χ4v) is 22.5. The topological polar surface area (TPSA) is 213 Å². The van der Waals surface area contributed by atoms with Crippen molar-refractivity contribution in [1.82, 2.24) is 0 Å². The fraction of sp³-hybridized carbons (Fsp3) is 0.250. The predicted molar refractivity (Wildman–Crippen MR) is 272 cm³/mol. The van der Waals surface area contributed by atoms with Crippen LogP contribution in [-0.4, -0.2) is 88.1 Å². The van der Waals surface area contributed by atoms with Gasteiger partial charge < -0.3 is 20.0 Å². The quantitative estimate of drug-likeness (QED) is 0.0670. The minimum Gasteiger partial charge on any atom is -0.395 e. The van der Waals surface area contributed by atoms with Crippen molar-refractivity contribution < 1.29 is 31.6 Å². The molecule has 5 N–H and O–H groups in total. The van der Waals surface area contributed by atoms with E-state index in [0.29, 0.717) is 24.4 Å². The molecular formula is C44H46N6O7S6Si2. The summed E-state index contributed by atoms with van der Waals surface area (Å²) in [5.74, 6) is 0. The van der Waals surface area contributed by atoms with Crippen molar-refractivity contribution in [1.29, 1.82) is 10.5 Å². The highest BCUT2D eigenvalue weighted by Gasteiger charge is 2.42. The lowest BCUT2D eigenvalue weighted by Crippen LogP contribution is -2.48. The number of aliphatic hydroxyl groups excluding tert-OH is 2. The van der Waals surface area contributed by atoms with E-state index in [-0.39, 0.29) is 29.4 Å². The highest BCUT2D eigenvalue weighted by molar-refractivity contribution is 7.89. The van der Waals surface area contributed by atoms with Gasteiger partial charge in [-0.2, -0.15) is 18.9 Å². The number of fused-ring (bicyclic) bond motifs is 6. The molecule has 2 aromatic carbocycles. The molecule has 2 aliphatic rings. The zero-order chi connectivity index (χ0) is 47.6. The summed E-state index contributed by atoms with van der Waals surface area (Å²) in [5, 5.41) is 48.8. The molecule has 13 nitrogen and oxygen atoms in total. The summed E-state index contributed by atoms with van der Waals surface area (Å²) < 4.78 is 53.3. The number of sulfonamides is 1. The number of hydrogen-bond donors (Lipinski definition) is 4. The van der Waals surface area contributed by atoms with Crippen LogP contribution in [0.25, 0.3) is 36.1 Å². The van der Waals surface area contributed by atoms with Crippen molar-refractivity contribution in [2.24, 2.45) is 5.14 Å². The summed E-state index contributed by atoms with van der Waals surface area (Å²) in [5.41, 5.74) is 1.79. The summed E-state index contributed by atoms with van der Waals surface area (Å²) in [6.07, 6.45) is 2.11. The molecule has 8 rings (SSSR count). The van der Waals surface area contributed by atoms with Crippen LogP contribution in [0.4, 0.5) is 10.0 Å². The van der Waals surface area contributed by atoms with E-state index in [0.717, 1.165) is 20.3 Å². The molecule has 21 heteroatoms. The molecule has 338 valence electrons. The maximum absolute atomic E-state index is 11.3. The molecule has 0 fully saturated rings. The van der Waals surface area contributed by atoms with E-state index >= 15 is 0 Å². The predicted octanol–water partition coefficient (Wildman–Crippen LogP) is 6.02. The second-order valence-electron chi connectivity index (χ2n) is 16.2. The molecule has 0 unspecified atom stereocenters. The first-order valence-corrected chi connectivity index (χ1v) is 32.1. The summed E-state index contributed by atoms with van der Waals surface area (Å²) in [6.45, 7) is 18.5. The second-order valence-corrected chi connectivity index (χ2v) is 32.1. The Bertz CT molecular complexity index is 3130. The van der Waals surface area contributed by atoms with Crippen LogP contribution in [0.2, 0.25) is 26.2 Å². The van der Waals surface area contributed by atoms with Gasteiger partial charge in [-0.15, -0.1) is 45.3 Å². The lowest BCUT2D eigenvalue weighted by Gasteiger charge is -2.18. The maximum atomic E-state index is 11.3. The maximum Gasteiger partial charge on any atom is 0.294 e. The third kappa shape index (κ3) is 10.5. The van der Waals surface area contributed by atoms with Crippen LogP contribution in [0.5, 0.6) is 0 Å². The standard InChI is InChI=1S/C22H22N2O4S3Si.C14H16N2OS2Si.C8H8N2O2S/c1-23-17(14-5-7-16(8-6-14)31(26,27)28)11-15-12-18-21(29-15)22-19(32(18,3)4)13-20(30-22)24(2)9-10-25;1-16(4-5-17)12-7-11-14(19-12)13-10(20(11,2)3)6-9(8-15)18-13;9-6-5-7-1-3-8(4-2-7)13(10,11)12/h5-8,11-13,25H,9-10H2,2-4H3,(H,26,27,28);6-7,17H,4-5H2,1-3H3;1-4H,5H2,(H2,10,11,12)/b17-11-;;. The van der Waals surface area contributed by atoms with Crippen LogP contribution in [-0.2, 0) is 26.6 Å². The van der Waals surface area contributed by atoms with Gasteiger partial charge in [-0.25, -0.2) is 18.4 Å². The molecule has 6 heterocycles. The molecule has 0 radical (unpaired) electrons. The minimum absolute atomic E-state index is 0.0641. The molecule has 0 saturated carbocycles. The molecule has 65 heavy (non-hydrogen) atoms. The highest BCUT2D eigenvalue weighted by Crippen LogP contribution is 2.43. The summed E-state index contributed by atoms with van der Waals surface area (Å²) in [4.78, 5) is 14.7. The van der Waals surface area contributed by atoms with Crippen molar-refractivity contribution in [3.63, 3.8) is 0 Å². The molecule has 0 spiro atoms. The molecular weight excluding hydrogens is 973 g/mol. The van der Waals surface area contributed by atoms with Crippen LogP contribution in [0.3, 0.4) is 0 Å². The first-order valence-electron chi connectivity index (χ1n) is 19.9. The number of primary sulfonamides is 1. The van der Waals surface area contributed by atoms with Crippen molar-refractivity contribution in [3.05, 3.63) is 105 Å². The molecule has 0 saturated heterocycles. The number of nitrogens with zero attached hydrogens (tertiary/aromatic N) is 5. The average Bonchev–Trinajstić information content (AvgIpc) is 4.10. The SMILES string of the molecule is CN(CCO)c1cc2c(s1)-c1sc(C#N)cc1[Si]2(C)C.N#CCc1ccc(S(N)(=O)=O)cc1.[C-]#[N+]/C(=C\c1cc2c(s1)-c1sc(N(C)CCO)cc1[Si]2(C)C)c1ccc(S(=O)(=O)O)cc1. The van der Waals surface area contributed by atoms with Gasteiger partial charge in [0, 0.05) is 51.6 Å². The Kier molecular flexibility index (Phi) is 15.0. The van der Waals surface area contributed by atoms with Crippen molar-refractivity contribution in [2.75, 3.05) is 50.2 Å². The van der Waals surface area contributed by atoms with Gasteiger partial charge in [-0.05, 0) is 86.5 Å². The van der Waals surface area contributed by atoms with Crippen LogP contribution in [0.1, 0.15) is 20.9 Å². The van der Waals surface area contributed by atoms with Gasteiger partial charge in [-0.1, -0.05) is 50.5 Å². The molecule has 2 aliphatic heterocycles. The van der Waals surface area contributed by atoms with Crippen LogP contribution in [0, 0.1) is 29.2 Å². The van der Waals surface area contributed by atoms with E-state index in [1.165, 1.54) is 81.7 Å². The van der Waals surface area contributed by atoms with Crippen molar-refractivity contribution in [2.45, 2.75) is 42.4 Å². The smallest absolute Gasteiger partial charge is 0.294 e. The zero-order valence-corrected chi connectivity index (χ0v) is 43.2. The summed E-state index contributed by atoms with van der Waals surface area (Å²) in [6, 6.07) is 24.7. The van der Waals surface area contributed by atoms with Crippen molar-refractivity contribution >= 4 is 124 Å². The number of rotatable bonds is 11. The van der Waals surface area contributed by atoms with Gasteiger partial charge in [0.15, 0.2) is 5.70 Å². The Morgan fingerprint density at radius 3 is 1.65 bits per heavy atom. The lowest BCUT2D eigenvalue weighted by atomic mass is 10.1. The van der Waals surface area contributed by atoms with Gasteiger partial charge in [0.05, 0.1) is 52.1 Å². The largest absolute Gasteiger partial charge is 0.395 e. The Morgan fingerprint density at radius 2 is 1.20 bits per heavy atom. The van der Waals surface area contributed by atoms with E-state index in [1.807, 2.05) is 26.2 Å². The van der Waals surface area contributed by atoms with E-state index in [1.54, 1.807) is 57.5 Å². The number of hydrogen-bond acceptors (Lipinski definition) is 14. The van der Waals surface area contributed by atoms with Crippen LogP contribution in [0.15, 0.2) is 82.6 Å². The monoisotopic (exact) mass is 1020 g/mol. The fourth-order valence-electron chi connectivity index (χ4n) is 7.40. The number of benzene rings is 2. The van der Waals surface area contributed by atoms with Gasteiger partial charge in [0.1, 0.15) is 27.1 Å². The normalized spacial score (nSPS) is 13.9. The highest BCUT2D eigenvalue weighted by atomic mass is 32.2. The average molecular weight is 1020 g/mol. The van der Waals surface area contributed by atoms with Crippen LogP contribution >= 0.6 is 45.3 Å². The first kappa shape index (κ1) is 49.7. The van der Waals surface area contributed by atoms with Gasteiger partial charge in [0.25, 0.3) is 10.1 Å². The number of aliphatic hydroxyl groups is 2. The van der Waals surface area contributed by atoms with Crippen molar-refractivity contribution in [3.8, 4) is 31.6 Å². The first-order chi connectivity index (χ1) is 30.6. The van der Waals surface area contributed by atoms with E-state index in [9.17, 15) is 21.9 Å². The van der Waals surface area contributed by atoms with E-state index < -0.39 is 36.3 Å². The molecule has 0 amide bonds. The summed E-state index contributed by atoms with van der Waals surface area (Å²) >= 11 is 6.84. The van der Waals surface area contributed by atoms with Gasteiger partial charge in [-0.3, -0.25) is 4.55 Å². The molecule has 0 bridgehead atoms. The number of anilines is 2. The second kappa shape index (κ2) is 19.6. The minimum atomic E-state index is -4.26. The van der Waals surface area contributed by atoms with E-state index in [2.05, 4.69) is 71.2 Å². The van der Waals surface area contributed by atoms with E-state index in [4.69, 9.17) is 31.9 Å². The Hall–Kier alpha value is -4.78. The third-order valence-electron chi connectivity index (χ3n) is 11.1. The van der Waals surface area contributed by atoms with Crippen LogP contribution < -0.4 is 35.7 Å². The molecule has 0 atom stereocenters. The number of nitriles is 2. The number of nitrogens with two attached hydrogens (primary N) is 1. The van der Waals surface area contributed by atoms with Gasteiger partial charge >= 0.3 is 0 Å². The third-order valence-corrected chi connectivity index (χ3v) is 25.6. The Morgan fingerprint density at radius 1 is 0.738 bits per heavy atom. The molecule has 6 aromatic rings. The molecule has 4 aromatic heterocycles. The molecule has 0 aliphatic carbocycles. The van der Waals surface area contributed by atoms with Gasteiger partial charge in [0.2, 0.25) is 10.0 Å². The summed E-state index contributed by atoms with van der Waals surface area (Å²) in [7, 11) is -7.37. The lowest BCUT2D eigenvalue weighted by molar-refractivity contribution is 0.304. The Labute approximate surface area is 397 Å². The number of likely N-dealkylation sites (N-methyl/N-ethyl adjacent to an activating group) is 2. The number of thiophene rings is 4. The Balaban J connectivity index is 0.000000180. The zero-order valence-electron chi connectivity index (χ0n) is 36.3.